The highest BCUT2D eigenvalue weighted by atomic mass is 19.4. The molecule has 4 aliphatic carbocycles. The summed E-state index contributed by atoms with van der Waals surface area (Å²) in [4.78, 5) is 75.0. The minimum atomic E-state index is -4.81. The van der Waals surface area contributed by atoms with Crippen molar-refractivity contribution in [3.8, 4) is 73.3 Å². The second-order valence-corrected chi connectivity index (χ2v) is 34.1. The summed E-state index contributed by atoms with van der Waals surface area (Å²) in [5.74, 6) is -0.669. The van der Waals surface area contributed by atoms with Gasteiger partial charge in [0.2, 0.25) is 5.91 Å². The van der Waals surface area contributed by atoms with Gasteiger partial charge in [0, 0.05) is 115 Å². The maximum absolute atomic E-state index is 13.4. The normalized spacial score (nSPS) is 13.5. The summed E-state index contributed by atoms with van der Waals surface area (Å²) in [6.07, 6.45) is 5.95. The third-order valence-corrected chi connectivity index (χ3v) is 24.4. The van der Waals surface area contributed by atoms with Crippen molar-refractivity contribution in [3.63, 3.8) is 0 Å². The van der Waals surface area contributed by atoms with Crippen LogP contribution < -0.4 is 39.6 Å². The van der Waals surface area contributed by atoms with Crippen LogP contribution in [0.3, 0.4) is 0 Å². The SMILES string of the molecule is COc1cccc(Cn2c(C(=O)O)c(-c3cccc(NC(=O)C4CCCC4)c3)c3ccccc32)c1.COc1cccc(Cn2c(C(=O)O)c(-c3cccc(NC(=O)NC4CC4)c3)c3ccccc32)c1.O=C(O)c1c(-c2cccc(OCC3CC3)c2)c2ccccc2n1Cc1ccc(F)cc1.O=C(O)c1c(-c2cccc(OCC3CC3)c2)c2ccccc2n1Cc1cccc(OC(F)(F)F)c1. The lowest BCUT2D eigenvalue weighted by molar-refractivity contribution is -0.274. The summed E-state index contributed by atoms with van der Waals surface area (Å²) in [5, 5.41) is 53.1. The number of alkyl halides is 3. The predicted octanol–water partition coefficient (Wildman–Crippen LogP) is 24.3. The fraction of sp³-hybridized carbons (Fsp3) is 0.211. The van der Waals surface area contributed by atoms with Gasteiger partial charge in [-0.05, 0) is 229 Å². The van der Waals surface area contributed by atoms with Gasteiger partial charge in [-0.25, -0.2) is 28.4 Å². The molecule has 26 heteroatoms. The van der Waals surface area contributed by atoms with E-state index in [4.69, 9.17) is 18.9 Å². The average Bonchev–Trinajstić information content (AvgIpc) is 1.61. The summed E-state index contributed by atoms with van der Waals surface area (Å²) >= 11 is 0. The summed E-state index contributed by atoms with van der Waals surface area (Å²) < 4.78 is 85.0. The monoisotopic (exact) mass is 1820 g/mol. The molecule has 20 rings (SSSR count). The Morgan fingerprint density at radius 2 is 0.689 bits per heavy atom. The predicted molar refractivity (Wildman–Crippen MR) is 511 cm³/mol. The lowest BCUT2D eigenvalue weighted by Gasteiger charge is -2.13. The van der Waals surface area contributed by atoms with Crippen molar-refractivity contribution >= 4 is 90.8 Å². The van der Waals surface area contributed by atoms with Crippen LogP contribution in [0.2, 0.25) is 0 Å². The van der Waals surface area contributed by atoms with Crippen LogP contribution in [-0.4, -0.2) is 114 Å². The van der Waals surface area contributed by atoms with Gasteiger partial charge in [0.05, 0.1) is 27.4 Å². The van der Waals surface area contributed by atoms with E-state index in [0.717, 1.165) is 134 Å². The molecular weight excluding hydrogens is 1720 g/mol. The van der Waals surface area contributed by atoms with E-state index in [2.05, 4.69) is 20.7 Å². The first-order chi connectivity index (χ1) is 65.5. The molecule has 0 atom stereocenters. The number of hydrogen-bond acceptors (Lipinski definition) is 11. The molecule has 4 fully saturated rings. The zero-order valence-corrected chi connectivity index (χ0v) is 73.9. The van der Waals surface area contributed by atoms with Crippen LogP contribution in [0.1, 0.15) is 128 Å². The minimum Gasteiger partial charge on any atom is -0.497 e. The highest BCUT2D eigenvalue weighted by molar-refractivity contribution is 6.12. The third-order valence-electron chi connectivity index (χ3n) is 24.4. The van der Waals surface area contributed by atoms with E-state index in [1.807, 2.05) is 234 Å². The quantitative estimate of drug-likeness (QED) is 0.0215. The van der Waals surface area contributed by atoms with Crippen LogP contribution in [0, 0.1) is 23.6 Å². The molecule has 7 N–H and O–H groups in total. The van der Waals surface area contributed by atoms with Gasteiger partial charge in [-0.15, -0.1) is 13.2 Å². The van der Waals surface area contributed by atoms with Crippen molar-refractivity contribution in [2.75, 3.05) is 38.1 Å². The van der Waals surface area contributed by atoms with Gasteiger partial charge in [0.1, 0.15) is 57.3 Å². The number of carboxylic acid groups (broad SMARTS) is 4. The molecular formula is C109H97F4N7O15. The Kier molecular flexibility index (Phi) is 27.3. The van der Waals surface area contributed by atoms with E-state index in [-0.39, 0.29) is 64.8 Å². The number of urea groups is 1. The van der Waals surface area contributed by atoms with Crippen molar-refractivity contribution in [2.45, 2.75) is 103 Å². The number of anilines is 2. The molecule has 686 valence electrons. The van der Waals surface area contributed by atoms with Gasteiger partial charge in [0.25, 0.3) is 0 Å². The lowest BCUT2D eigenvalue weighted by atomic mass is 10.0. The number of ether oxygens (including phenoxy) is 5. The van der Waals surface area contributed by atoms with Crippen molar-refractivity contribution in [1.82, 2.24) is 23.6 Å². The van der Waals surface area contributed by atoms with E-state index < -0.39 is 30.2 Å². The van der Waals surface area contributed by atoms with Crippen molar-refractivity contribution in [2.24, 2.45) is 17.8 Å². The van der Waals surface area contributed by atoms with E-state index in [0.29, 0.717) is 106 Å². The molecule has 135 heavy (non-hydrogen) atoms. The van der Waals surface area contributed by atoms with Gasteiger partial charge in [0.15, 0.2) is 0 Å². The molecule has 0 saturated heterocycles. The molecule has 4 aromatic heterocycles. The zero-order valence-electron chi connectivity index (χ0n) is 73.9. The third kappa shape index (κ3) is 21.7. The number of benzene rings is 12. The Bertz CT molecular complexity index is 7120. The molecule has 0 spiro atoms. The number of carboxylic acids is 4. The number of hydrogen-bond donors (Lipinski definition) is 7. The van der Waals surface area contributed by atoms with Gasteiger partial charge in [-0.1, -0.05) is 183 Å². The highest BCUT2D eigenvalue weighted by Gasteiger charge is 2.34. The number of fused-ring (bicyclic) bond motifs is 4. The fourth-order valence-corrected chi connectivity index (χ4v) is 17.6. The van der Waals surface area contributed by atoms with Gasteiger partial charge < -0.3 is 78.3 Å². The molecule has 22 nitrogen and oxygen atoms in total. The number of aromatic carboxylic acids is 4. The summed E-state index contributed by atoms with van der Waals surface area (Å²) in [5.41, 5.74) is 13.7. The molecule has 0 radical (unpaired) electrons. The molecule has 12 aromatic carbocycles. The lowest BCUT2D eigenvalue weighted by Crippen LogP contribution is -2.30. The number of rotatable bonds is 29. The van der Waals surface area contributed by atoms with Crippen molar-refractivity contribution in [3.05, 3.63) is 342 Å². The molecule has 4 heterocycles. The van der Waals surface area contributed by atoms with Crippen LogP contribution in [0.5, 0.6) is 28.7 Å². The van der Waals surface area contributed by atoms with E-state index >= 15 is 0 Å². The van der Waals surface area contributed by atoms with Gasteiger partial charge in [-0.3, -0.25) is 4.79 Å². The number of amides is 3. The largest absolute Gasteiger partial charge is 0.573 e. The molecule has 3 amide bonds. The van der Waals surface area contributed by atoms with Crippen LogP contribution in [0.25, 0.3) is 88.1 Å². The second kappa shape index (κ2) is 40.5. The standard InChI is InChI=1S/C29H28N2O4.C27H22F3NO4.C27H25N3O4.C26H22FNO3/c1-35-23-13-6-8-19(16-23)18-31-25-15-5-4-14-24(25)26(27(31)29(33)34)21-11-7-12-22(17-21)30-28(32)20-9-2-3-10-20;28-27(29,30)35-21-8-3-5-18(13-21)15-31-23-10-2-1-9-22(23)24(25(31)26(32)33)19-6-4-7-20(14-19)34-16-17-11-12-17;1-34-21-9-4-6-17(14-21)16-30-23-11-3-2-10-22(23)24(25(30)26(31)32)18-7-5-8-20(15-18)29-27(33)28-19-12-13-19;27-20-12-10-17(11-13-20)15-28-23-7-2-1-6-22(23)24(25(28)26(29)30)19-4-3-5-21(14-19)31-16-18-8-9-18/h4-8,11-17,20H,2-3,9-10,18H2,1H3,(H,30,32)(H,33,34);1-10,13-14,17H,11-12,15-16H2,(H,32,33);2-11,14-15,19H,12-13,16H2,1H3,(H,31,32)(H2,28,29,33);1-7,10-14,18H,8-9,15-16H2,(H,29,30). The number of aromatic nitrogens is 4. The number of para-hydroxylation sites is 4. The molecule has 4 saturated carbocycles. The minimum absolute atomic E-state index is 0.0403. The Hall–Kier alpha value is -15.9. The van der Waals surface area contributed by atoms with Crippen LogP contribution in [0.4, 0.5) is 33.7 Å². The van der Waals surface area contributed by atoms with Crippen molar-refractivity contribution < 1.29 is 90.4 Å². The summed E-state index contributed by atoms with van der Waals surface area (Å²) in [6.45, 7) is 2.48. The summed E-state index contributed by atoms with van der Waals surface area (Å²) in [6, 6.07) is 87.0. The molecule has 0 aliphatic heterocycles. The first-order valence-corrected chi connectivity index (χ1v) is 44.8. The van der Waals surface area contributed by atoms with Crippen LogP contribution in [-0.2, 0) is 31.0 Å². The molecule has 0 unspecified atom stereocenters. The topological polar surface area (TPSA) is 285 Å². The number of halogens is 4. The fourth-order valence-electron chi connectivity index (χ4n) is 17.6. The van der Waals surface area contributed by atoms with E-state index in [1.165, 1.54) is 43.2 Å². The van der Waals surface area contributed by atoms with Gasteiger partial charge in [-0.2, -0.15) is 0 Å². The number of carbonyl (C=O) groups excluding carboxylic acids is 2. The van der Waals surface area contributed by atoms with E-state index in [9.17, 15) is 66.8 Å². The summed E-state index contributed by atoms with van der Waals surface area (Å²) in [7, 11) is 3.22. The number of nitrogens with one attached hydrogen (secondary N) is 3. The van der Waals surface area contributed by atoms with Crippen molar-refractivity contribution in [1.29, 1.82) is 0 Å². The average molecular weight is 1820 g/mol. The first-order valence-electron chi connectivity index (χ1n) is 44.8. The van der Waals surface area contributed by atoms with E-state index in [1.54, 1.807) is 59.8 Å². The number of carbonyl (C=O) groups is 6. The number of nitrogens with zero attached hydrogens (tertiary/aromatic N) is 4. The molecule has 0 bridgehead atoms. The maximum atomic E-state index is 13.4. The first kappa shape index (κ1) is 91.1. The molecule has 16 aromatic rings. The molecule has 4 aliphatic rings. The highest BCUT2D eigenvalue weighted by Crippen LogP contribution is 2.44. The Labute approximate surface area is 774 Å². The van der Waals surface area contributed by atoms with Gasteiger partial charge >= 0.3 is 36.3 Å². The second-order valence-electron chi connectivity index (χ2n) is 34.1. The number of methoxy groups -OCH3 is 2. The van der Waals surface area contributed by atoms with Crippen LogP contribution in [0.15, 0.2) is 291 Å². The Morgan fingerprint density at radius 3 is 1.05 bits per heavy atom. The zero-order chi connectivity index (χ0) is 94.0. The Morgan fingerprint density at radius 1 is 0.356 bits per heavy atom. The van der Waals surface area contributed by atoms with Crippen LogP contribution >= 0.6 is 0 Å². The maximum Gasteiger partial charge on any atom is 0.573 e. The Balaban J connectivity index is 0.000000125. The smallest absolute Gasteiger partial charge is 0.497 e.